The van der Waals surface area contributed by atoms with E-state index in [-0.39, 0.29) is 17.4 Å². The number of hydrogen-bond donors (Lipinski definition) is 0. The van der Waals surface area contributed by atoms with Crippen LogP contribution in [0, 0.1) is 10.1 Å². The first-order valence-electron chi connectivity index (χ1n) is 11.1. The molecule has 0 fully saturated rings. The molecule has 11 heteroatoms. The molecular formula is C26H20ClN5O4S. The van der Waals surface area contributed by atoms with Crippen LogP contribution in [0.25, 0.3) is 22.3 Å². The fourth-order valence-electron chi connectivity index (χ4n) is 4.24. The van der Waals surface area contributed by atoms with E-state index in [4.69, 9.17) is 11.6 Å². The molecule has 0 radical (unpaired) electrons. The van der Waals surface area contributed by atoms with E-state index in [0.717, 1.165) is 21.5 Å². The van der Waals surface area contributed by atoms with Crippen LogP contribution in [0.1, 0.15) is 5.56 Å². The number of para-hydroxylation sites is 1. The normalized spacial score (nSPS) is 11.5. The van der Waals surface area contributed by atoms with Gasteiger partial charge in [0.15, 0.2) is 4.90 Å². The van der Waals surface area contributed by atoms with Gasteiger partial charge >= 0.3 is 0 Å². The molecule has 0 aliphatic carbocycles. The molecule has 0 unspecified atom stereocenters. The zero-order valence-electron chi connectivity index (χ0n) is 19.5. The average molecular weight is 534 g/mol. The molecule has 2 heterocycles. The lowest BCUT2D eigenvalue weighted by atomic mass is 10.1. The minimum Gasteiger partial charge on any atom is -0.305 e. The van der Waals surface area contributed by atoms with Gasteiger partial charge in [0.05, 0.1) is 27.6 Å². The summed E-state index contributed by atoms with van der Waals surface area (Å²) in [5.74, 6) is 0.122. The van der Waals surface area contributed by atoms with Gasteiger partial charge in [0, 0.05) is 18.7 Å². The van der Waals surface area contributed by atoms with Crippen LogP contribution in [0.3, 0.4) is 0 Å². The van der Waals surface area contributed by atoms with Crippen molar-refractivity contribution in [3.05, 3.63) is 112 Å². The summed E-state index contributed by atoms with van der Waals surface area (Å²) in [4.78, 5) is 19.4. The minimum atomic E-state index is -4.39. The first-order chi connectivity index (χ1) is 17.8. The molecule has 0 atom stereocenters. The molecule has 0 spiro atoms. The van der Waals surface area contributed by atoms with Crippen molar-refractivity contribution in [1.29, 1.82) is 0 Å². The van der Waals surface area contributed by atoms with Gasteiger partial charge in [-0.15, -0.1) is 0 Å². The van der Waals surface area contributed by atoms with Crippen LogP contribution in [-0.2, 0) is 16.6 Å². The van der Waals surface area contributed by atoms with Gasteiger partial charge in [-0.3, -0.25) is 14.4 Å². The highest BCUT2D eigenvalue weighted by Gasteiger charge is 2.34. The molecule has 0 aliphatic heterocycles. The Morgan fingerprint density at radius 2 is 1.57 bits per heavy atom. The molecule has 0 amide bonds. The van der Waals surface area contributed by atoms with Gasteiger partial charge in [0.25, 0.3) is 15.7 Å². The van der Waals surface area contributed by atoms with Gasteiger partial charge in [-0.1, -0.05) is 84.4 Å². The Morgan fingerprint density at radius 1 is 0.946 bits per heavy atom. The van der Waals surface area contributed by atoms with Crippen molar-refractivity contribution in [1.82, 2.24) is 14.5 Å². The van der Waals surface area contributed by atoms with Crippen LogP contribution < -0.4 is 4.31 Å². The Balaban J connectivity index is 1.78. The molecule has 0 N–H and O–H groups in total. The number of rotatable bonds is 7. The van der Waals surface area contributed by atoms with Gasteiger partial charge in [-0.05, 0) is 11.6 Å². The van der Waals surface area contributed by atoms with Crippen LogP contribution in [0.2, 0.25) is 5.02 Å². The van der Waals surface area contributed by atoms with Crippen LogP contribution in [0.5, 0.6) is 0 Å². The fraction of sp³-hybridized carbons (Fsp3) is 0.0769. The Labute approximate surface area is 217 Å². The van der Waals surface area contributed by atoms with E-state index in [1.165, 1.54) is 31.6 Å². The van der Waals surface area contributed by atoms with Crippen LogP contribution in [0.15, 0.2) is 96.2 Å². The highest BCUT2D eigenvalue weighted by Crippen LogP contribution is 2.42. The van der Waals surface area contributed by atoms with Gasteiger partial charge in [0.2, 0.25) is 0 Å². The highest BCUT2D eigenvalue weighted by atomic mass is 35.5. The topological polar surface area (TPSA) is 111 Å². The van der Waals surface area contributed by atoms with Crippen LogP contribution in [-0.4, -0.2) is 34.9 Å². The first kappa shape index (κ1) is 24.4. The van der Waals surface area contributed by atoms with E-state index in [1.54, 1.807) is 4.57 Å². The Hall–Kier alpha value is -4.28. The third kappa shape index (κ3) is 4.30. The second-order valence-corrected chi connectivity index (χ2v) is 10.5. The predicted molar refractivity (Wildman–Crippen MR) is 142 cm³/mol. The van der Waals surface area contributed by atoms with Gasteiger partial charge in [-0.25, -0.2) is 18.4 Å². The van der Waals surface area contributed by atoms with Crippen molar-refractivity contribution in [2.75, 3.05) is 11.4 Å². The van der Waals surface area contributed by atoms with Gasteiger partial charge in [0.1, 0.15) is 17.8 Å². The zero-order chi connectivity index (χ0) is 26.2. The van der Waals surface area contributed by atoms with Crippen molar-refractivity contribution in [2.24, 2.45) is 0 Å². The SMILES string of the molecule is CN(c1c(Cl)c2c(-c3ccccc3)ncnc2n1Cc1ccccc1)S(=O)(=O)c1ccccc1[N+](=O)[O-]. The lowest BCUT2D eigenvalue weighted by Gasteiger charge is -2.22. The van der Waals surface area contributed by atoms with Crippen LogP contribution in [0.4, 0.5) is 11.5 Å². The number of benzene rings is 3. The average Bonchev–Trinajstić information content (AvgIpc) is 3.20. The Bertz CT molecular complexity index is 1720. The van der Waals surface area contributed by atoms with Crippen molar-refractivity contribution in [3.8, 4) is 11.3 Å². The predicted octanol–water partition coefficient (Wildman–Crippen LogP) is 5.53. The lowest BCUT2D eigenvalue weighted by molar-refractivity contribution is -0.387. The van der Waals surface area contributed by atoms with E-state index in [1.807, 2.05) is 60.7 Å². The van der Waals surface area contributed by atoms with E-state index < -0.39 is 25.5 Å². The van der Waals surface area contributed by atoms with Crippen molar-refractivity contribution in [2.45, 2.75) is 11.4 Å². The summed E-state index contributed by atoms with van der Waals surface area (Å²) < 4.78 is 30.2. The molecule has 5 aromatic rings. The first-order valence-corrected chi connectivity index (χ1v) is 13.0. The molecule has 9 nitrogen and oxygen atoms in total. The number of halogens is 1. The quantitative estimate of drug-likeness (QED) is 0.201. The second-order valence-electron chi connectivity index (χ2n) is 8.19. The molecule has 3 aromatic carbocycles. The van der Waals surface area contributed by atoms with E-state index >= 15 is 0 Å². The maximum Gasteiger partial charge on any atom is 0.289 e. The maximum atomic E-state index is 13.8. The Morgan fingerprint density at radius 3 is 2.24 bits per heavy atom. The van der Waals surface area contributed by atoms with Crippen molar-refractivity contribution >= 4 is 44.2 Å². The fourth-order valence-corrected chi connectivity index (χ4v) is 6.06. The zero-order valence-corrected chi connectivity index (χ0v) is 21.1. The molecule has 37 heavy (non-hydrogen) atoms. The summed E-state index contributed by atoms with van der Waals surface area (Å²) in [7, 11) is -3.07. The summed E-state index contributed by atoms with van der Waals surface area (Å²) in [6.45, 7) is 0.251. The van der Waals surface area contributed by atoms with E-state index in [9.17, 15) is 18.5 Å². The molecule has 2 aromatic heterocycles. The monoisotopic (exact) mass is 533 g/mol. The largest absolute Gasteiger partial charge is 0.305 e. The number of aromatic nitrogens is 3. The number of nitro groups is 1. The molecular weight excluding hydrogens is 514 g/mol. The smallest absolute Gasteiger partial charge is 0.289 e. The minimum absolute atomic E-state index is 0.120. The van der Waals surface area contributed by atoms with Crippen molar-refractivity contribution in [3.63, 3.8) is 0 Å². The summed E-state index contributed by atoms with van der Waals surface area (Å²) in [6.07, 6.45) is 1.41. The number of fused-ring (bicyclic) bond motifs is 1. The molecule has 0 bridgehead atoms. The number of nitrogens with zero attached hydrogens (tertiary/aromatic N) is 5. The summed E-state index contributed by atoms with van der Waals surface area (Å²) in [5, 5.41) is 12.2. The molecule has 186 valence electrons. The molecule has 0 saturated heterocycles. The van der Waals surface area contributed by atoms with Crippen molar-refractivity contribution < 1.29 is 13.3 Å². The standard InChI is InChI=1S/C26H20ClN5O4S/c1-30(37(35,36)21-15-9-8-14-20(21)32(33)34)26-23(27)22-24(19-12-6-3-7-13-19)28-17-29-25(22)31(26)16-18-10-4-2-5-11-18/h2-15,17H,16H2,1H3. The number of sulfonamides is 1. The number of anilines is 1. The summed E-state index contributed by atoms with van der Waals surface area (Å²) in [6, 6.07) is 24.0. The molecule has 5 rings (SSSR count). The second kappa shape index (κ2) is 9.64. The highest BCUT2D eigenvalue weighted by molar-refractivity contribution is 7.93. The van der Waals surface area contributed by atoms with Gasteiger partial charge in [-0.2, -0.15) is 0 Å². The lowest BCUT2D eigenvalue weighted by Crippen LogP contribution is -2.29. The number of hydrogen-bond acceptors (Lipinski definition) is 6. The van der Waals surface area contributed by atoms with E-state index in [2.05, 4.69) is 9.97 Å². The summed E-state index contributed by atoms with van der Waals surface area (Å²) in [5.41, 5.74) is 2.11. The molecule has 0 saturated carbocycles. The number of nitro benzene ring substituents is 1. The van der Waals surface area contributed by atoms with E-state index in [0.29, 0.717) is 16.7 Å². The summed E-state index contributed by atoms with van der Waals surface area (Å²) >= 11 is 6.93. The third-order valence-electron chi connectivity index (χ3n) is 5.98. The Kier molecular flexibility index (Phi) is 6.36. The van der Waals surface area contributed by atoms with Crippen LogP contribution >= 0.6 is 11.6 Å². The van der Waals surface area contributed by atoms with Gasteiger partial charge < -0.3 is 4.57 Å². The molecule has 0 aliphatic rings. The maximum absolute atomic E-state index is 13.8. The third-order valence-corrected chi connectivity index (χ3v) is 8.14.